The van der Waals surface area contributed by atoms with Crippen LogP contribution in [0.5, 0.6) is 0 Å². The standard InChI is InChI=1S/C17H21N3O3S/c1-17(2,3)20(16(22)23)10-9-18-15(21)13-14(24-11-19-13)12-7-5-4-6-8-12/h4-8,11H,9-10H2,1-3H3,(H,18,21)(H,22,23). The van der Waals surface area contributed by atoms with E-state index in [9.17, 15) is 14.7 Å². The topological polar surface area (TPSA) is 82.5 Å². The summed E-state index contributed by atoms with van der Waals surface area (Å²) < 4.78 is 0. The van der Waals surface area contributed by atoms with E-state index >= 15 is 0 Å². The molecule has 2 amide bonds. The van der Waals surface area contributed by atoms with E-state index in [4.69, 9.17) is 0 Å². The summed E-state index contributed by atoms with van der Waals surface area (Å²) in [5.74, 6) is -0.297. The molecule has 0 unspecified atom stereocenters. The summed E-state index contributed by atoms with van der Waals surface area (Å²) in [6.07, 6.45) is -1.00. The van der Waals surface area contributed by atoms with E-state index in [0.29, 0.717) is 5.69 Å². The lowest BCUT2D eigenvalue weighted by Crippen LogP contribution is -2.48. The predicted octanol–water partition coefficient (Wildman–Crippen LogP) is 3.32. The first-order valence-electron chi connectivity index (χ1n) is 7.58. The van der Waals surface area contributed by atoms with Gasteiger partial charge in [-0.2, -0.15) is 0 Å². The van der Waals surface area contributed by atoms with Crippen LogP contribution in [0.15, 0.2) is 35.8 Å². The molecular formula is C17H21N3O3S. The van der Waals surface area contributed by atoms with Gasteiger partial charge >= 0.3 is 6.09 Å². The lowest BCUT2D eigenvalue weighted by atomic mass is 10.1. The number of hydrogen-bond acceptors (Lipinski definition) is 4. The number of hydrogen-bond donors (Lipinski definition) is 2. The summed E-state index contributed by atoms with van der Waals surface area (Å²) in [5, 5.41) is 12.0. The van der Waals surface area contributed by atoms with Crippen LogP contribution >= 0.6 is 11.3 Å². The summed E-state index contributed by atoms with van der Waals surface area (Å²) >= 11 is 1.40. The highest BCUT2D eigenvalue weighted by Crippen LogP contribution is 2.27. The number of nitrogens with zero attached hydrogens (tertiary/aromatic N) is 2. The van der Waals surface area contributed by atoms with Crippen LogP contribution in [-0.2, 0) is 0 Å². The Morgan fingerprint density at radius 1 is 1.25 bits per heavy atom. The van der Waals surface area contributed by atoms with Gasteiger partial charge in [-0.05, 0) is 26.3 Å². The second-order valence-electron chi connectivity index (χ2n) is 6.26. The average Bonchev–Trinajstić information content (AvgIpc) is 3.00. The zero-order valence-electron chi connectivity index (χ0n) is 13.9. The Bertz CT molecular complexity index is 707. The number of carbonyl (C=O) groups excluding carboxylic acids is 1. The summed E-state index contributed by atoms with van der Waals surface area (Å²) in [5.41, 5.74) is 2.42. The van der Waals surface area contributed by atoms with Crippen molar-refractivity contribution in [1.82, 2.24) is 15.2 Å². The van der Waals surface area contributed by atoms with Crippen molar-refractivity contribution in [2.24, 2.45) is 0 Å². The minimum atomic E-state index is -1.00. The quantitative estimate of drug-likeness (QED) is 0.869. The van der Waals surface area contributed by atoms with Crippen LogP contribution in [0.1, 0.15) is 31.3 Å². The Kier molecular flexibility index (Phi) is 5.56. The van der Waals surface area contributed by atoms with Crippen molar-refractivity contribution < 1.29 is 14.7 Å². The third-order valence-corrected chi connectivity index (χ3v) is 4.36. The smallest absolute Gasteiger partial charge is 0.407 e. The number of carboxylic acid groups (broad SMARTS) is 1. The molecule has 1 aromatic heterocycles. The van der Waals surface area contributed by atoms with Crippen molar-refractivity contribution in [1.29, 1.82) is 0 Å². The minimum absolute atomic E-state index is 0.218. The van der Waals surface area contributed by atoms with Gasteiger partial charge in [0.15, 0.2) is 0 Å². The monoisotopic (exact) mass is 347 g/mol. The van der Waals surface area contributed by atoms with Gasteiger partial charge in [0, 0.05) is 18.6 Å². The summed E-state index contributed by atoms with van der Waals surface area (Å²) in [4.78, 5) is 29.9. The third kappa shape index (κ3) is 4.32. The van der Waals surface area contributed by atoms with Gasteiger partial charge in [-0.1, -0.05) is 30.3 Å². The van der Waals surface area contributed by atoms with Gasteiger partial charge in [-0.15, -0.1) is 11.3 Å². The lowest BCUT2D eigenvalue weighted by Gasteiger charge is -2.33. The number of carbonyl (C=O) groups is 2. The van der Waals surface area contributed by atoms with Crippen LogP contribution in [0.2, 0.25) is 0 Å². The van der Waals surface area contributed by atoms with Gasteiger partial charge in [0.25, 0.3) is 5.91 Å². The predicted molar refractivity (Wildman–Crippen MR) is 94.4 cm³/mol. The van der Waals surface area contributed by atoms with Crippen molar-refractivity contribution in [3.05, 3.63) is 41.5 Å². The number of nitrogens with one attached hydrogen (secondary N) is 1. The van der Waals surface area contributed by atoms with Crippen molar-refractivity contribution in [2.45, 2.75) is 26.3 Å². The molecule has 1 heterocycles. The molecule has 2 aromatic rings. The molecule has 0 fully saturated rings. The van der Waals surface area contributed by atoms with E-state index in [-0.39, 0.29) is 19.0 Å². The van der Waals surface area contributed by atoms with Crippen molar-refractivity contribution in [3.8, 4) is 10.4 Å². The molecule has 2 N–H and O–H groups in total. The Labute approximate surface area is 145 Å². The molecule has 0 saturated carbocycles. The fourth-order valence-corrected chi connectivity index (χ4v) is 3.08. The van der Waals surface area contributed by atoms with Crippen LogP contribution in [0.25, 0.3) is 10.4 Å². The molecule has 0 radical (unpaired) electrons. The van der Waals surface area contributed by atoms with Gasteiger partial charge < -0.3 is 15.3 Å². The first-order valence-corrected chi connectivity index (χ1v) is 8.46. The highest BCUT2D eigenvalue weighted by Gasteiger charge is 2.26. The van der Waals surface area contributed by atoms with Crippen LogP contribution in [0, 0.1) is 0 Å². The molecule has 0 aliphatic rings. The number of aromatic nitrogens is 1. The van der Waals surface area contributed by atoms with E-state index in [2.05, 4.69) is 10.3 Å². The number of amides is 2. The van der Waals surface area contributed by atoms with Crippen molar-refractivity contribution >= 4 is 23.3 Å². The summed E-state index contributed by atoms with van der Waals surface area (Å²) in [6.45, 7) is 5.90. The number of thiazole rings is 1. The van der Waals surface area contributed by atoms with Gasteiger partial charge in [0.05, 0.1) is 10.4 Å². The zero-order chi connectivity index (χ0) is 17.7. The maximum absolute atomic E-state index is 12.4. The SMILES string of the molecule is CC(C)(C)N(CCNC(=O)c1ncsc1-c1ccccc1)C(=O)O. The van der Waals surface area contributed by atoms with Crippen LogP contribution in [0.4, 0.5) is 4.79 Å². The van der Waals surface area contributed by atoms with Crippen molar-refractivity contribution in [3.63, 3.8) is 0 Å². The molecule has 1 aromatic carbocycles. The Balaban J connectivity index is 2.02. The fourth-order valence-electron chi connectivity index (χ4n) is 2.29. The van der Waals surface area contributed by atoms with E-state index in [0.717, 1.165) is 10.4 Å². The van der Waals surface area contributed by atoms with Gasteiger partial charge in [-0.3, -0.25) is 4.79 Å². The second-order valence-corrected chi connectivity index (χ2v) is 7.11. The molecular weight excluding hydrogens is 326 g/mol. The van der Waals surface area contributed by atoms with Crippen LogP contribution < -0.4 is 5.32 Å². The average molecular weight is 347 g/mol. The lowest BCUT2D eigenvalue weighted by molar-refractivity contribution is 0.0889. The van der Waals surface area contributed by atoms with Gasteiger partial charge in [0.2, 0.25) is 0 Å². The van der Waals surface area contributed by atoms with E-state index in [1.165, 1.54) is 16.2 Å². The van der Waals surface area contributed by atoms with Crippen molar-refractivity contribution in [2.75, 3.05) is 13.1 Å². The third-order valence-electron chi connectivity index (χ3n) is 3.48. The number of benzene rings is 1. The molecule has 0 atom stereocenters. The molecule has 128 valence electrons. The normalized spacial score (nSPS) is 11.1. The van der Waals surface area contributed by atoms with E-state index in [1.807, 2.05) is 51.1 Å². The highest BCUT2D eigenvalue weighted by molar-refractivity contribution is 7.13. The maximum Gasteiger partial charge on any atom is 0.407 e. The molecule has 0 aliphatic carbocycles. The molecule has 6 nitrogen and oxygen atoms in total. The summed E-state index contributed by atoms with van der Waals surface area (Å²) in [6, 6.07) is 9.58. The molecule has 2 rings (SSSR count). The fraction of sp³-hybridized carbons (Fsp3) is 0.353. The van der Waals surface area contributed by atoms with E-state index < -0.39 is 11.6 Å². The van der Waals surface area contributed by atoms with Gasteiger partial charge in [0.1, 0.15) is 5.69 Å². The first-order chi connectivity index (χ1) is 11.3. The molecule has 7 heteroatoms. The second kappa shape index (κ2) is 7.44. The van der Waals surface area contributed by atoms with Gasteiger partial charge in [-0.25, -0.2) is 9.78 Å². The number of rotatable bonds is 5. The highest BCUT2D eigenvalue weighted by atomic mass is 32.1. The van der Waals surface area contributed by atoms with Crippen LogP contribution in [-0.4, -0.2) is 45.6 Å². The Morgan fingerprint density at radius 2 is 1.92 bits per heavy atom. The first kappa shape index (κ1) is 17.9. The minimum Gasteiger partial charge on any atom is -0.465 e. The molecule has 0 spiro atoms. The summed E-state index contributed by atoms with van der Waals surface area (Å²) in [7, 11) is 0. The molecule has 0 bridgehead atoms. The maximum atomic E-state index is 12.4. The Morgan fingerprint density at radius 3 is 2.50 bits per heavy atom. The largest absolute Gasteiger partial charge is 0.465 e. The van der Waals surface area contributed by atoms with E-state index in [1.54, 1.807) is 5.51 Å². The Hall–Kier alpha value is -2.41. The molecule has 0 saturated heterocycles. The van der Waals surface area contributed by atoms with Crippen LogP contribution in [0.3, 0.4) is 0 Å². The molecule has 24 heavy (non-hydrogen) atoms. The molecule has 0 aliphatic heterocycles. The zero-order valence-corrected chi connectivity index (χ0v) is 14.8.